The summed E-state index contributed by atoms with van der Waals surface area (Å²) in [5, 5.41) is 5.34. The lowest BCUT2D eigenvalue weighted by atomic mass is 10.1. The van der Waals surface area contributed by atoms with Crippen LogP contribution < -0.4 is 5.32 Å². The molecule has 0 radical (unpaired) electrons. The summed E-state index contributed by atoms with van der Waals surface area (Å²) >= 11 is 1.33. The fourth-order valence-corrected chi connectivity index (χ4v) is 2.37. The van der Waals surface area contributed by atoms with Gasteiger partial charge in [-0.2, -0.15) is 0 Å². The lowest BCUT2D eigenvalue weighted by Crippen LogP contribution is -2.08. The van der Waals surface area contributed by atoms with Crippen molar-refractivity contribution in [3.8, 4) is 0 Å². The van der Waals surface area contributed by atoms with Crippen molar-refractivity contribution in [3.63, 3.8) is 0 Å². The van der Waals surface area contributed by atoms with Crippen molar-refractivity contribution in [1.29, 1.82) is 0 Å². The lowest BCUT2D eigenvalue weighted by Gasteiger charge is -2.04. The maximum Gasteiger partial charge on any atom is 0.357 e. The molecule has 0 spiro atoms. The average molecular weight is 294 g/mol. The van der Waals surface area contributed by atoms with Crippen LogP contribution in [0.1, 0.15) is 23.0 Å². The Bertz CT molecular complexity index is 586. The second kappa shape index (κ2) is 7.00. The van der Waals surface area contributed by atoms with E-state index in [1.54, 1.807) is 30.5 Å². The molecule has 1 N–H and O–H groups in total. The van der Waals surface area contributed by atoms with Crippen molar-refractivity contribution in [3.05, 3.63) is 46.7 Å². The van der Waals surface area contributed by atoms with Crippen LogP contribution in [0.15, 0.2) is 29.6 Å². The van der Waals surface area contributed by atoms with Crippen LogP contribution >= 0.6 is 11.3 Å². The van der Waals surface area contributed by atoms with Crippen LogP contribution in [0, 0.1) is 5.82 Å². The maximum atomic E-state index is 13.4. The van der Waals surface area contributed by atoms with Gasteiger partial charge in [-0.05, 0) is 25.0 Å². The highest BCUT2D eigenvalue weighted by Gasteiger charge is 2.11. The van der Waals surface area contributed by atoms with Gasteiger partial charge in [0.15, 0.2) is 10.8 Å². The Kier molecular flexibility index (Phi) is 5.06. The number of halogens is 1. The molecular formula is C14H15FN2O2S. The van der Waals surface area contributed by atoms with Gasteiger partial charge in [-0.3, -0.25) is 0 Å². The molecule has 20 heavy (non-hydrogen) atoms. The summed E-state index contributed by atoms with van der Waals surface area (Å²) in [6, 6.07) is 6.67. The Hall–Kier alpha value is -1.95. The van der Waals surface area contributed by atoms with Crippen LogP contribution in [0.2, 0.25) is 0 Å². The molecule has 2 aromatic rings. The molecular weight excluding hydrogens is 279 g/mol. The van der Waals surface area contributed by atoms with Crippen LogP contribution in [0.4, 0.5) is 9.52 Å². The van der Waals surface area contributed by atoms with Crippen LogP contribution in [0.3, 0.4) is 0 Å². The van der Waals surface area contributed by atoms with Crippen LogP contribution in [0.25, 0.3) is 0 Å². The van der Waals surface area contributed by atoms with E-state index in [0.29, 0.717) is 36.0 Å². The van der Waals surface area contributed by atoms with E-state index >= 15 is 0 Å². The monoisotopic (exact) mass is 294 g/mol. The third kappa shape index (κ3) is 3.77. The zero-order chi connectivity index (χ0) is 14.4. The molecule has 0 amide bonds. The second-order valence-corrected chi connectivity index (χ2v) is 4.88. The van der Waals surface area contributed by atoms with Crippen molar-refractivity contribution in [1.82, 2.24) is 4.98 Å². The summed E-state index contributed by atoms with van der Waals surface area (Å²) < 4.78 is 18.3. The van der Waals surface area contributed by atoms with Gasteiger partial charge in [0.25, 0.3) is 0 Å². The number of esters is 1. The Morgan fingerprint density at radius 1 is 1.45 bits per heavy atom. The van der Waals surface area contributed by atoms with Crippen LogP contribution in [-0.2, 0) is 11.2 Å². The number of aromatic nitrogens is 1. The maximum absolute atomic E-state index is 13.4. The molecule has 6 heteroatoms. The Morgan fingerprint density at radius 2 is 2.25 bits per heavy atom. The van der Waals surface area contributed by atoms with E-state index in [-0.39, 0.29) is 5.82 Å². The predicted molar refractivity (Wildman–Crippen MR) is 76.7 cm³/mol. The van der Waals surface area contributed by atoms with E-state index in [4.69, 9.17) is 4.74 Å². The zero-order valence-electron chi connectivity index (χ0n) is 11.1. The van der Waals surface area contributed by atoms with Gasteiger partial charge in [-0.15, -0.1) is 11.3 Å². The van der Waals surface area contributed by atoms with Gasteiger partial charge in [0.05, 0.1) is 6.61 Å². The highest BCUT2D eigenvalue weighted by molar-refractivity contribution is 7.13. The normalized spacial score (nSPS) is 10.3. The summed E-state index contributed by atoms with van der Waals surface area (Å²) in [5.41, 5.74) is 0.951. The van der Waals surface area contributed by atoms with E-state index in [9.17, 15) is 9.18 Å². The minimum atomic E-state index is -0.425. The molecule has 1 heterocycles. The van der Waals surface area contributed by atoms with E-state index in [1.807, 2.05) is 0 Å². The number of ether oxygens (including phenoxy) is 1. The molecule has 0 aliphatic rings. The Balaban J connectivity index is 1.86. The summed E-state index contributed by atoms with van der Waals surface area (Å²) in [5.74, 6) is -0.633. The molecule has 0 saturated carbocycles. The van der Waals surface area contributed by atoms with Gasteiger partial charge < -0.3 is 10.1 Å². The van der Waals surface area contributed by atoms with E-state index in [0.717, 1.165) is 0 Å². The largest absolute Gasteiger partial charge is 0.461 e. The molecule has 0 aliphatic carbocycles. The fraction of sp³-hybridized carbons (Fsp3) is 0.286. The molecule has 0 fully saturated rings. The molecule has 2 rings (SSSR count). The fourth-order valence-electron chi connectivity index (χ4n) is 1.66. The number of thiazole rings is 1. The third-order valence-electron chi connectivity index (χ3n) is 2.62. The topological polar surface area (TPSA) is 51.2 Å². The SMILES string of the molecule is CCOC(=O)c1csc(NCCc2ccccc2F)n1. The van der Waals surface area contributed by atoms with E-state index in [1.165, 1.54) is 17.4 Å². The zero-order valence-corrected chi connectivity index (χ0v) is 11.9. The molecule has 4 nitrogen and oxygen atoms in total. The van der Waals surface area contributed by atoms with Gasteiger partial charge >= 0.3 is 5.97 Å². The Morgan fingerprint density at radius 3 is 3.00 bits per heavy atom. The summed E-state index contributed by atoms with van der Waals surface area (Å²) in [4.78, 5) is 15.6. The first kappa shape index (κ1) is 14.5. The number of hydrogen-bond acceptors (Lipinski definition) is 5. The molecule has 0 unspecified atom stereocenters. The van der Waals surface area contributed by atoms with Gasteiger partial charge in [0.2, 0.25) is 0 Å². The molecule has 1 aromatic heterocycles. The molecule has 0 saturated heterocycles. The molecule has 106 valence electrons. The van der Waals surface area contributed by atoms with Crippen molar-refractivity contribution in [2.45, 2.75) is 13.3 Å². The molecule has 0 bridgehead atoms. The standard InChI is InChI=1S/C14H15FN2O2S/c1-2-19-13(18)12-9-20-14(17-12)16-8-7-10-5-3-4-6-11(10)15/h3-6,9H,2,7-8H2,1H3,(H,16,17). The molecule has 1 aromatic carbocycles. The predicted octanol–water partition coefficient (Wildman–Crippen LogP) is 3.11. The lowest BCUT2D eigenvalue weighted by molar-refractivity contribution is 0.0520. The minimum absolute atomic E-state index is 0.208. The number of carbonyl (C=O) groups excluding carboxylic acids is 1. The summed E-state index contributed by atoms with van der Waals surface area (Å²) in [7, 11) is 0. The number of benzene rings is 1. The van der Waals surface area contributed by atoms with Crippen molar-refractivity contribution >= 4 is 22.4 Å². The van der Waals surface area contributed by atoms with Crippen LogP contribution in [-0.4, -0.2) is 24.1 Å². The van der Waals surface area contributed by atoms with E-state index < -0.39 is 5.97 Å². The van der Waals surface area contributed by atoms with Crippen molar-refractivity contribution in [2.75, 3.05) is 18.5 Å². The van der Waals surface area contributed by atoms with Crippen molar-refractivity contribution in [2.24, 2.45) is 0 Å². The van der Waals surface area contributed by atoms with Gasteiger partial charge in [0, 0.05) is 11.9 Å². The Labute approximate surface area is 120 Å². The van der Waals surface area contributed by atoms with Gasteiger partial charge in [-0.1, -0.05) is 18.2 Å². The van der Waals surface area contributed by atoms with Crippen molar-refractivity contribution < 1.29 is 13.9 Å². The number of anilines is 1. The second-order valence-electron chi connectivity index (χ2n) is 4.03. The summed E-state index contributed by atoms with van der Waals surface area (Å²) in [6.07, 6.45) is 0.557. The molecule has 0 atom stereocenters. The highest BCUT2D eigenvalue weighted by atomic mass is 32.1. The first-order valence-corrected chi connectivity index (χ1v) is 7.18. The minimum Gasteiger partial charge on any atom is -0.461 e. The highest BCUT2D eigenvalue weighted by Crippen LogP contribution is 2.16. The summed E-state index contributed by atoms with van der Waals surface area (Å²) in [6.45, 7) is 2.63. The smallest absolute Gasteiger partial charge is 0.357 e. The number of hydrogen-bond donors (Lipinski definition) is 1. The average Bonchev–Trinajstić information content (AvgIpc) is 2.90. The first-order valence-electron chi connectivity index (χ1n) is 6.30. The number of rotatable bonds is 6. The van der Waals surface area contributed by atoms with Crippen LogP contribution in [0.5, 0.6) is 0 Å². The third-order valence-corrected chi connectivity index (χ3v) is 3.42. The first-order chi connectivity index (χ1) is 9.70. The van der Waals surface area contributed by atoms with Gasteiger partial charge in [0.1, 0.15) is 5.82 Å². The quantitative estimate of drug-likeness (QED) is 0.832. The number of nitrogens with one attached hydrogen (secondary N) is 1. The molecule has 0 aliphatic heterocycles. The van der Waals surface area contributed by atoms with E-state index in [2.05, 4.69) is 10.3 Å². The number of nitrogens with zero attached hydrogens (tertiary/aromatic N) is 1. The van der Waals surface area contributed by atoms with Gasteiger partial charge in [-0.25, -0.2) is 14.2 Å². The number of carbonyl (C=O) groups is 1.